The number of nitrogens with zero attached hydrogens (tertiary/aromatic N) is 1. The average Bonchev–Trinajstić information content (AvgIpc) is 2.98. The minimum absolute atomic E-state index is 0.0233. The van der Waals surface area contributed by atoms with Gasteiger partial charge in [-0.3, -0.25) is 4.79 Å². The number of hydrogen-bond acceptors (Lipinski definition) is 2. The van der Waals surface area contributed by atoms with Gasteiger partial charge in [0.25, 0.3) is 5.91 Å². The molecule has 0 aromatic heterocycles. The van der Waals surface area contributed by atoms with Gasteiger partial charge in [0.1, 0.15) is 18.2 Å². The molecule has 0 bridgehead atoms. The standard InChI is InChI=1S/C24H20FNO2/c1-2-26-23-9-4-3-8-21(23)22(24(26)27)15-17-10-12-20(13-11-17)28-16-18-6-5-7-19(25)14-18/h3-15H,2,16H2,1H3/b22-15-. The average molecular weight is 373 g/mol. The molecule has 0 aliphatic carbocycles. The van der Waals surface area contributed by atoms with Gasteiger partial charge in [-0.15, -0.1) is 0 Å². The van der Waals surface area contributed by atoms with E-state index in [1.807, 2.05) is 67.6 Å². The first-order valence-electron chi connectivity index (χ1n) is 9.26. The Kier molecular flexibility index (Phi) is 4.94. The minimum Gasteiger partial charge on any atom is -0.489 e. The number of carbonyl (C=O) groups is 1. The van der Waals surface area contributed by atoms with Gasteiger partial charge in [-0.05, 0) is 54.5 Å². The maximum absolute atomic E-state index is 13.2. The summed E-state index contributed by atoms with van der Waals surface area (Å²) in [5.74, 6) is 0.445. The van der Waals surface area contributed by atoms with E-state index in [1.54, 1.807) is 11.0 Å². The van der Waals surface area contributed by atoms with Crippen LogP contribution in [0.5, 0.6) is 5.75 Å². The Balaban J connectivity index is 1.52. The van der Waals surface area contributed by atoms with E-state index < -0.39 is 0 Å². The third kappa shape index (κ3) is 3.54. The Bertz CT molecular complexity index is 1040. The number of amides is 1. The van der Waals surface area contributed by atoms with Gasteiger partial charge in [0.15, 0.2) is 0 Å². The molecule has 1 aliphatic heterocycles. The highest BCUT2D eigenvalue weighted by atomic mass is 19.1. The highest BCUT2D eigenvalue weighted by Gasteiger charge is 2.30. The van der Waals surface area contributed by atoms with E-state index >= 15 is 0 Å². The summed E-state index contributed by atoms with van der Waals surface area (Å²) in [6, 6.07) is 21.7. The van der Waals surface area contributed by atoms with Gasteiger partial charge in [0.2, 0.25) is 0 Å². The second-order valence-corrected chi connectivity index (χ2v) is 6.61. The van der Waals surface area contributed by atoms with Crippen LogP contribution in [0, 0.1) is 5.82 Å². The predicted molar refractivity (Wildman–Crippen MR) is 110 cm³/mol. The summed E-state index contributed by atoms with van der Waals surface area (Å²) in [5, 5.41) is 0. The van der Waals surface area contributed by atoms with Crippen molar-refractivity contribution in [1.82, 2.24) is 0 Å². The SMILES string of the molecule is CCN1C(=O)/C(=C\c2ccc(OCc3cccc(F)c3)cc2)c2ccccc21. The molecule has 0 fully saturated rings. The summed E-state index contributed by atoms with van der Waals surface area (Å²) in [4.78, 5) is 14.5. The molecule has 0 saturated heterocycles. The molecule has 1 amide bonds. The smallest absolute Gasteiger partial charge is 0.258 e. The van der Waals surface area contributed by atoms with Crippen molar-refractivity contribution in [2.75, 3.05) is 11.4 Å². The zero-order valence-corrected chi connectivity index (χ0v) is 15.6. The number of anilines is 1. The number of rotatable bonds is 5. The molecule has 1 heterocycles. The molecule has 3 aromatic carbocycles. The molecule has 28 heavy (non-hydrogen) atoms. The third-order valence-corrected chi connectivity index (χ3v) is 4.76. The van der Waals surface area contributed by atoms with Gasteiger partial charge in [-0.25, -0.2) is 4.39 Å². The summed E-state index contributed by atoms with van der Waals surface area (Å²) in [5.41, 5.74) is 4.32. The second-order valence-electron chi connectivity index (χ2n) is 6.61. The minimum atomic E-state index is -0.272. The fraction of sp³-hybridized carbons (Fsp3) is 0.125. The molecule has 4 rings (SSSR count). The first kappa shape index (κ1) is 18.0. The molecule has 0 N–H and O–H groups in total. The van der Waals surface area contributed by atoms with Crippen molar-refractivity contribution in [3.63, 3.8) is 0 Å². The van der Waals surface area contributed by atoms with Crippen LogP contribution < -0.4 is 9.64 Å². The van der Waals surface area contributed by atoms with Crippen molar-refractivity contribution in [3.8, 4) is 5.75 Å². The Morgan fingerprint density at radius 3 is 2.54 bits per heavy atom. The molecule has 3 nitrogen and oxygen atoms in total. The molecular weight excluding hydrogens is 353 g/mol. The number of halogens is 1. The van der Waals surface area contributed by atoms with E-state index in [0.29, 0.717) is 24.5 Å². The fourth-order valence-electron chi connectivity index (χ4n) is 3.38. The van der Waals surface area contributed by atoms with Crippen LogP contribution in [0.2, 0.25) is 0 Å². The summed E-state index contributed by atoms with van der Waals surface area (Å²) in [7, 11) is 0. The molecule has 0 atom stereocenters. The number of para-hydroxylation sites is 1. The van der Waals surface area contributed by atoms with Crippen LogP contribution >= 0.6 is 0 Å². The molecule has 140 valence electrons. The van der Waals surface area contributed by atoms with Crippen LogP contribution in [0.4, 0.5) is 10.1 Å². The largest absolute Gasteiger partial charge is 0.489 e. The molecule has 0 spiro atoms. The van der Waals surface area contributed by atoms with Crippen LogP contribution in [0.3, 0.4) is 0 Å². The number of hydrogen-bond donors (Lipinski definition) is 0. The van der Waals surface area contributed by atoms with Crippen molar-refractivity contribution in [2.45, 2.75) is 13.5 Å². The van der Waals surface area contributed by atoms with Gasteiger partial charge >= 0.3 is 0 Å². The molecule has 0 saturated carbocycles. The Morgan fingerprint density at radius 2 is 1.79 bits per heavy atom. The zero-order chi connectivity index (χ0) is 19.5. The van der Waals surface area contributed by atoms with Crippen LogP contribution in [0.15, 0.2) is 72.8 Å². The van der Waals surface area contributed by atoms with E-state index in [4.69, 9.17) is 4.74 Å². The summed E-state index contributed by atoms with van der Waals surface area (Å²) in [6.07, 6.45) is 1.91. The van der Waals surface area contributed by atoms with Gasteiger partial charge in [0, 0.05) is 17.7 Å². The van der Waals surface area contributed by atoms with Crippen LogP contribution in [-0.4, -0.2) is 12.5 Å². The lowest BCUT2D eigenvalue weighted by Gasteiger charge is -2.13. The Morgan fingerprint density at radius 1 is 1.00 bits per heavy atom. The normalized spacial score (nSPS) is 14.4. The Labute approximate surface area is 163 Å². The summed E-state index contributed by atoms with van der Waals surface area (Å²) >= 11 is 0. The van der Waals surface area contributed by atoms with Gasteiger partial charge < -0.3 is 9.64 Å². The maximum Gasteiger partial charge on any atom is 0.258 e. The van der Waals surface area contributed by atoms with Gasteiger partial charge in [-0.2, -0.15) is 0 Å². The molecule has 1 aliphatic rings. The lowest BCUT2D eigenvalue weighted by atomic mass is 10.0. The lowest BCUT2D eigenvalue weighted by Crippen LogP contribution is -2.25. The number of benzene rings is 3. The summed E-state index contributed by atoms with van der Waals surface area (Å²) in [6.45, 7) is 2.91. The van der Waals surface area contributed by atoms with Gasteiger partial charge in [-0.1, -0.05) is 42.5 Å². The topological polar surface area (TPSA) is 29.5 Å². The van der Waals surface area contributed by atoms with Crippen LogP contribution in [0.1, 0.15) is 23.6 Å². The van der Waals surface area contributed by atoms with Crippen LogP contribution in [0.25, 0.3) is 11.6 Å². The molecule has 0 radical (unpaired) electrons. The first-order chi connectivity index (χ1) is 13.7. The van der Waals surface area contributed by atoms with Crippen molar-refractivity contribution in [2.24, 2.45) is 0 Å². The zero-order valence-electron chi connectivity index (χ0n) is 15.6. The van der Waals surface area contributed by atoms with E-state index in [0.717, 1.165) is 22.4 Å². The molecule has 3 aromatic rings. The van der Waals surface area contributed by atoms with Crippen molar-refractivity contribution in [3.05, 3.63) is 95.3 Å². The molecule has 0 unspecified atom stereocenters. The third-order valence-electron chi connectivity index (χ3n) is 4.76. The predicted octanol–water partition coefficient (Wildman–Crippen LogP) is 5.31. The quantitative estimate of drug-likeness (QED) is 0.567. The number of fused-ring (bicyclic) bond motifs is 1. The fourth-order valence-corrected chi connectivity index (χ4v) is 3.38. The van der Waals surface area contributed by atoms with Crippen molar-refractivity contribution in [1.29, 1.82) is 0 Å². The van der Waals surface area contributed by atoms with Crippen molar-refractivity contribution >= 4 is 23.2 Å². The van der Waals surface area contributed by atoms with Crippen molar-refractivity contribution < 1.29 is 13.9 Å². The van der Waals surface area contributed by atoms with E-state index in [9.17, 15) is 9.18 Å². The van der Waals surface area contributed by atoms with E-state index in [2.05, 4.69) is 0 Å². The maximum atomic E-state index is 13.2. The number of ether oxygens (including phenoxy) is 1. The van der Waals surface area contributed by atoms with Gasteiger partial charge in [0.05, 0.1) is 5.69 Å². The van der Waals surface area contributed by atoms with Crippen LogP contribution in [-0.2, 0) is 11.4 Å². The second kappa shape index (κ2) is 7.69. The number of likely N-dealkylation sites (N-methyl/N-ethyl adjacent to an activating group) is 1. The number of carbonyl (C=O) groups excluding carboxylic acids is 1. The lowest BCUT2D eigenvalue weighted by molar-refractivity contribution is -0.112. The summed E-state index contributed by atoms with van der Waals surface area (Å²) < 4.78 is 19.0. The molecule has 4 heteroatoms. The highest BCUT2D eigenvalue weighted by molar-refractivity contribution is 6.35. The molecular formula is C24H20FNO2. The van der Waals surface area contributed by atoms with E-state index in [1.165, 1.54) is 12.1 Å². The Hall–Kier alpha value is -3.40. The first-order valence-corrected chi connectivity index (χ1v) is 9.26. The van der Waals surface area contributed by atoms with E-state index in [-0.39, 0.29) is 11.7 Å². The monoisotopic (exact) mass is 373 g/mol. The highest BCUT2D eigenvalue weighted by Crippen LogP contribution is 2.37.